The van der Waals surface area contributed by atoms with E-state index >= 15 is 0 Å². The summed E-state index contributed by atoms with van der Waals surface area (Å²) < 4.78 is 34.1. The van der Waals surface area contributed by atoms with Crippen molar-refractivity contribution in [2.24, 2.45) is 0 Å². The maximum Gasteiger partial charge on any atom is 0.264 e. The van der Waals surface area contributed by atoms with E-state index in [0.717, 1.165) is 20.3 Å². The van der Waals surface area contributed by atoms with Gasteiger partial charge in [-0.25, -0.2) is 8.42 Å². The highest BCUT2D eigenvalue weighted by atomic mass is 32.2. The van der Waals surface area contributed by atoms with Gasteiger partial charge in [-0.15, -0.1) is 11.8 Å². The number of anilines is 1. The van der Waals surface area contributed by atoms with Gasteiger partial charge in [-0.3, -0.25) is 13.9 Å². The molecule has 0 fully saturated rings. The van der Waals surface area contributed by atoms with Crippen molar-refractivity contribution in [2.75, 3.05) is 31.3 Å². The van der Waals surface area contributed by atoms with Gasteiger partial charge >= 0.3 is 0 Å². The van der Waals surface area contributed by atoms with Gasteiger partial charge in [-0.2, -0.15) is 0 Å². The molecular formula is C29H35N3O5S2. The Balaban J connectivity index is 2.04. The highest BCUT2D eigenvalue weighted by molar-refractivity contribution is 7.98. The van der Waals surface area contributed by atoms with E-state index in [9.17, 15) is 18.0 Å². The Morgan fingerprint density at radius 2 is 1.59 bits per heavy atom. The first-order valence-electron chi connectivity index (χ1n) is 12.5. The summed E-state index contributed by atoms with van der Waals surface area (Å²) in [5.74, 6) is -0.151. The monoisotopic (exact) mass is 569 g/mol. The molecule has 10 heteroatoms. The Kier molecular flexibility index (Phi) is 10.4. The fourth-order valence-electron chi connectivity index (χ4n) is 4.13. The van der Waals surface area contributed by atoms with Gasteiger partial charge in [-0.05, 0) is 73.7 Å². The number of nitrogens with one attached hydrogen (secondary N) is 1. The van der Waals surface area contributed by atoms with E-state index in [1.807, 2.05) is 32.2 Å². The molecule has 0 saturated carbocycles. The number of carbonyl (C=O) groups excluding carboxylic acids is 2. The summed E-state index contributed by atoms with van der Waals surface area (Å²) in [4.78, 5) is 29.2. The summed E-state index contributed by atoms with van der Waals surface area (Å²) in [6.45, 7) is 3.37. The zero-order valence-corrected chi connectivity index (χ0v) is 24.5. The third-order valence-corrected chi connectivity index (χ3v) is 8.92. The van der Waals surface area contributed by atoms with Crippen molar-refractivity contribution in [1.82, 2.24) is 10.2 Å². The average molecular weight is 570 g/mol. The number of rotatable bonds is 12. The first-order chi connectivity index (χ1) is 18.6. The summed E-state index contributed by atoms with van der Waals surface area (Å²) in [6, 6.07) is 19.9. The zero-order valence-electron chi connectivity index (χ0n) is 22.9. The molecule has 0 bridgehead atoms. The molecule has 1 N–H and O–H groups in total. The van der Waals surface area contributed by atoms with Crippen molar-refractivity contribution in [3.8, 4) is 5.75 Å². The van der Waals surface area contributed by atoms with Crippen LogP contribution in [0.5, 0.6) is 5.75 Å². The summed E-state index contributed by atoms with van der Waals surface area (Å²) in [5, 5.41) is 2.63. The Morgan fingerprint density at radius 1 is 0.974 bits per heavy atom. The van der Waals surface area contributed by atoms with Crippen LogP contribution in [0.1, 0.15) is 24.5 Å². The molecule has 0 aliphatic carbocycles. The lowest BCUT2D eigenvalue weighted by Crippen LogP contribution is -2.51. The van der Waals surface area contributed by atoms with Crippen LogP contribution >= 0.6 is 11.8 Å². The molecule has 3 aromatic rings. The van der Waals surface area contributed by atoms with Crippen molar-refractivity contribution in [3.63, 3.8) is 0 Å². The lowest BCUT2D eigenvalue weighted by Gasteiger charge is -2.33. The largest absolute Gasteiger partial charge is 0.497 e. The number of likely N-dealkylation sites (N-methyl/N-ethyl adjacent to an activating group) is 1. The van der Waals surface area contributed by atoms with Crippen LogP contribution in [0, 0.1) is 6.92 Å². The number of nitrogens with zero attached hydrogens (tertiary/aromatic N) is 2. The van der Waals surface area contributed by atoms with Gasteiger partial charge in [-0.1, -0.05) is 36.8 Å². The standard InChI is InChI=1S/C29H35N3O5S2/c1-6-27(29(34)30-3)31(19-22-9-13-24(37-4)14-10-22)28(33)20-32(23-11-7-21(2)8-12-23)39(35,36)26-17-15-25(38-5)16-18-26/h7-18,27H,6,19-20H2,1-5H3,(H,30,34). The fraction of sp³-hybridized carbons (Fsp3) is 0.310. The maximum absolute atomic E-state index is 13.9. The molecular weight excluding hydrogens is 534 g/mol. The number of methoxy groups -OCH3 is 1. The van der Waals surface area contributed by atoms with Gasteiger partial charge < -0.3 is 15.0 Å². The first kappa shape index (κ1) is 30.0. The Bertz CT molecular complexity index is 1360. The second kappa shape index (κ2) is 13.5. The van der Waals surface area contributed by atoms with E-state index in [1.54, 1.807) is 67.8 Å². The summed E-state index contributed by atoms with van der Waals surface area (Å²) in [7, 11) is -1.02. The molecule has 208 valence electrons. The van der Waals surface area contributed by atoms with Gasteiger partial charge in [0.1, 0.15) is 18.3 Å². The number of hydrogen-bond donors (Lipinski definition) is 1. The maximum atomic E-state index is 13.9. The summed E-state index contributed by atoms with van der Waals surface area (Å²) in [6.07, 6.45) is 2.27. The number of sulfonamides is 1. The van der Waals surface area contributed by atoms with Gasteiger partial charge in [0.05, 0.1) is 17.7 Å². The van der Waals surface area contributed by atoms with Gasteiger partial charge in [0.2, 0.25) is 11.8 Å². The van der Waals surface area contributed by atoms with Crippen LogP contribution in [0.25, 0.3) is 0 Å². The molecule has 0 heterocycles. The molecule has 0 saturated heterocycles. The Morgan fingerprint density at radius 3 is 2.10 bits per heavy atom. The van der Waals surface area contributed by atoms with E-state index < -0.39 is 28.5 Å². The minimum atomic E-state index is -4.10. The number of benzene rings is 3. The number of aryl methyl sites for hydroxylation is 1. The molecule has 3 aromatic carbocycles. The third-order valence-electron chi connectivity index (χ3n) is 6.39. The molecule has 3 rings (SSSR count). The molecule has 39 heavy (non-hydrogen) atoms. The SMILES string of the molecule is CCC(C(=O)NC)N(Cc1ccc(OC)cc1)C(=O)CN(c1ccc(C)cc1)S(=O)(=O)c1ccc(SC)cc1. The minimum Gasteiger partial charge on any atom is -0.497 e. The van der Waals surface area contributed by atoms with E-state index in [2.05, 4.69) is 5.32 Å². The van der Waals surface area contributed by atoms with Crippen molar-refractivity contribution in [3.05, 3.63) is 83.9 Å². The summed E-state index contributed by atoms with van der Waals surface area (Å²) in [5.41, 5.74) is 2.10. The van der Waals surface area contributed by atoms with E-state index in [1.165, 1.54) is 23.7 Å². The predicted molar refractivity (Wildman–Crippen MR) is 156 cm³/mol. The number of amides is 2. The molecule has 0 radical (unpaired) electrons. The molecule has 0 spiro atoms. The Hall–Kier alpha value is -3.50. The minimum absolute atomic E-state index is 0.0775. The molecule has 8 nitrogen and oxygen atoms in total. The van der Waals surface area contributed by atoms with Gasteiger partial charge in [0.15, 0.2) is 0 Å². The van der Waals surface area contributed by atoms with Crippen LogP contribution in [-0.2, 0) is 26.2 Å². The van der Waals surface area contributed by atoms with Crippen LogP contribution < -0.4 is 14.4 Å². The quantitative estimate of drug-likeness (QED) is 0.323. The lowest BCUT2D eigenvalue weighted by molar-refractivity contribution is -0.140. The van der Waals surface area contributed by atoms with E-state index in [-0.39, 0.29) is 17.3 Å². The molecule has 0 aliphatic rings. The molecule has 0 aromatic heterocycles. The van der Waals surface area contributed by atoms with Crippen LogP contribution in [0.2, 0.25) is 0 Å². The zero-order chi connectivity index (χ0) is 28.6. The second-order valence-electron chi connectivity index (χ2n) is 8.93. The number of ether oxygens (including phenoxy) is 1. The molecule has 1 unspecified atom stereocenters. The fourth-order valence-corrected chi connectivity index (χ4v) is 5.95. The van der Waals surface area contributed by atoms with Crippen molar-refractivity contribution in [2.45, 2.75) is 42.6 Å². The Labute approximate surface area is 235 Å². The van der Waals surface area contributed by atoms with Crippen LogP contribution in [0.15, 0.2) is 82.6 Å². The highest BCUT2D eigenvalue weighted by Gasteiger charge is 2.33. The van der Waals surface area contributed by atoms with Crippen LogP contribution in [0.3, 0.4) is 0 Å². The normalized spacial score (nSPS) is 11.9. The lowest BCUT2D eigenvalue weighted by atomic mass is 10.1. The van der Waals surface area contributed by atoms with Crippen molar-refractivity contribution >= 4 is 39.3 Å². The number of hydrogen-bond acceptors (Lipinski definition) is 6. The topological polar surface area (TPSA) is 96.0 Å². The average Bonchev–Trinajstić information content (AvgIpc) is 2.96. The summed E-state index contributed by atoms with van der Waals surface area (Å²) >= 11 is 1.51. The smallest absolute Gasteiger partial charge is 0.264 e. The number of thioether (sulfide) groups is 1. The first-order valence-corrected chi connectivity index (χ1v) is 15.2. The highest BCUT2D eigenvalue weighted by Crippen LogP contribution is 2.27. The van der Waals surface area contributed by atoms with Crippen molar-refractivity contribution in [1.29, 1.82) is 0 Å². The van der Waals surface area contributed by atoms with E-state index in [4.69, 9.17) is 4.74 Å². The predicted octanol–water partition coefficient (Wildman–Crippen LogP) is 4.47. The van der Waals surface area contributed by atoms with Gasteiger partial charge in [0, 0.05) is 18.5 Å². The molecule has 1 atom stereocenters. The van der Waals surface area contributed by atoms with Gasteiger partial charge in [0.25, 0.3) is 10.0 Å². The van der Waals surface area contributed by atoms with Crippen LogP contribution in [0.4, 0.5) is 5.69 Å². The number of carbonyl (C=O) groups is 2. The molecule has 0 aliphatic heterocycles. The van der Waals surface area contributed by atoms with Crippen LogP contribution in [-0.4, -0.2) is 58.1 Å². The third kappa shape index (κ3) is 7.33. The van der Waals surface area contributed by atoms with Crippen molar-refractivity contribution < 1.29 is 22.7 Å². The molecule has 2 amide bonds. The second-order valence-corrected chi connectivity index (χ2v) is 11.7. The van der Waals surface area contributed by atoms with E-state index in [0.29, 0.717) is 17.9 Å².